The maximum atomic E-state index is 13.8. The number of benzene rings is 1. The van der Waals surface area contributed by atoms with Gasteiger partial charge in [0, 0.05) is 6.20 Å². The molecule has 92 valence electrons. The van der Waals surface area contributed by atoms with E-state index in [1.165, 1.54) is 18.3 Å². The van der Waals surface area contributed by atoms with Gasteiger partial charge in [0.2, 0.25) is 12.2 Å². The molecule has 0 aliphatic heterocycles. The van der Waals surface area contributed by atoms with Gasteiger partial charge in [-0.1, -0.05) is 11.2 Å². The Kier molecular flexibility index (Phi) is 3.51. The Morgan fingerprint density at radius 3 is 2.79 bits per heavy atom. The first kappa shape index (κ1) is 12.3. The van der Waals surface area contributed by atoms with Crippen molar-refractivity contribution in [1.29, 1.82) is 10.5 Å². The number of nitriles is 2. The fourth-order valence-electron chi connectivity index (χ4n) is 1.39. The van der Waals surface area contributed by atoms with Crippen LogP contribution in [0.4, 0.5) is 10.1 Å². The maximum absolute atomic E-state index is 13.8. The molecule has 1 aromatic carbocycles. The van der Waals surface area contributed by atoms with Gasteiger partial charge in [0.05, 0.1) is 11.3 Å². The van der Waals surface area contributed by atoms with Gasteiger partial charge in [-0.05, 0) is 12.1 Å². The van der Waals surface area contributed by atoms with Crippen LogP contribution in [0.1, 0.15) is 0 Å². The molecule has 2 rings (SSSR count). The summed E-state index contributed by atoms with van der Waals surface area (Å²) in [4.78, 5) is 3.77. The van der Waals surface area contributed by atoms with E-state index in [0.29, 0.717) is 5.69 Å². The summed E-state index contributed by atoms with van der Waals surface area (Å²) in [7, 11) is 0. The number of aromatic nitrogens is 2. The minimum Gasteiger partial charge on any atom is -0.359 e. The van der Waals surface area contributed by atoms with Gasteiger partial charge in [0.25, 0.3) is 0 Å². The summed E-state index contributed by atoms with van der Waals surface area (Å²) in [5.74, 6) is -0.472. The van der Waals surface area contributed by atoms with E-state index in [4.69, 9.17) is 10.5 Å². The minimum atomic E-state index is -0.546. The Balaban J connectivity index is 2.43. The number of hydrogen-bond donors (Lipinski definition) is 1. The summed E-state index contributed by atoms with van der Waals surface area (Å²) in [5.41, 5.74) is 0.287. The Labute approximate surface area is 107 Å². The first-order valence-corrected chi connectivity index (χ1v) is 5.08. The van der Waals surface area contributed by atoms with Gasteiger partial charge in [-0.2, -0.15) is 15.5 Å². The molecule has 0 saturated heterocycles. The van der Waals surface area contributed by atoms with E-state index in [2.05, 4.69) is 20.0 Å². The van der Waals surface area contributed by atoms with Crippen molar-refractivity contribution in [3.8, 4) is 23.5 Å². The van der Waals surface area contributed by atoms with E-state index in [0.717, 1.165) is 6.39 Å². The summed E-state index contributed by atoms with van der Waals surface area (Å²) in [6.45, 7) is 0. The van der Waals surface area contributed by atoms with Crippen molar-refractivity contribution in [3.63, 3.8) is 0 Å². The predicted molar refractivity (Wildman–Crippen MR) is 62.6 cm³/mol. The van der Waals surface area contributed by atoms with E-state index < -0.39 is 5.82 Å². The SMILES string of the molecule is N#CC(C#N)=CNc1cccc(F)c1-c1ncon1. The van der Waals surface area contributed by atoms with Crippen LogP contribution < -0.4 is 5.32 Å². The monoisotopic (exact) mass is 255 g/mol. The number of rotatable bonds is 3. The molecule has 0 aliphatic carbocycles. The highest BCUT2D eigenvalue weighted by Gasteiger charge is 2.14. The molecule has 0 bridgehead atoms. The van der Waals surface area contributed by atoms with Crippen molar-refractivity contribution >= 4 is 5.69 Å². The summed E-state index contributed by atoms with van der Waals surface area (Å²) in [6.07, 6.45) is 2.26. The van der Waals surface area contributed by atoms with E-state index in [1.54, 1.807) is 18.2 Å². The number of hydrogen-bond acceptors (Lipinski definition) is 6. The lowest BCUT2D eigenvalue weighted by atomic mass is 10.1. The molecule has 0 saturated carbocycles. The lowest BCUT2D eigenvalue weighted by Gasteiger charge is -2.06. The van der Waals surface area contributed by atoms with Gasteiger partial charge >= 0.3 is 0 Å². The molecule has 0 amide bonds. The fourth-order valence-corrected chi connectivity index (χ4v) is 1.39. The average Bonchev–Trinajstić information content (AvgIpc) is 2.93. The quantitative estimate of drug-likeness (QED) is 0.844. The highest BCUT2D eigenvalue weighted by Crippen LogP contribution is 2.28. The van der Waals surface area contributed by atoms with Crippen molar-refractivity contribution in [2.45, 2.75) is 0 Å². The van der Waals surface area contributed by atoms with E-state index in [-0.39, 0.29) is 17.0 Å². The predicted octanol–water partition coefficient (Wildman–Crippen LogP) is 2.22. The Morgan fingerprint density at radius 2 is 2.16 bits per heavy atom. The van der Waals surface area contributed by atoms with Crippen LogP contribution in [0.3, 0.4) is 0 Å². The van der Waals surface area contributed by atoms with Gasteiger partial charge in [0.15, 0.2) is 0 Å². The second-order valence-electron chi connectivity index (χ2n) is 3.34. The molecule has 0 unspecified atom stereocenters. The summed E-state index contributed by atoms with van der Waals surface area (Å²) < 4.78 is 18.4. The number of allylic oxidation sites excluding steroid dienone is 1. The Bertz CT molecular complexity index is 678. The third-order valence-electron chi connectivity index (χ3n) is 2.21. The lowest BCUT2D eigenvalue weighted by molar-refractivity contribution is 0.418. The molecule has 19 heavy (non-hydrogen) atoms. The molecule has 1 N–H and O–H groups in total. The minimum absolute atomic E-state index is 0.0736. The summed E-state index contributed by atoms with van der Waals surface area (Å²) in [6, 6.07) is 7.66. The van der Waals surface area contributed by atoms with Gasteiger partial charge in [0.1, 0.15) is 23.5 Å². The first-order chi connectivity index (χ1) is 9.26. The Hall–Kier alpha value is -3.19. The summed E-state index contributed by atoms with van der Waals surface area (Å²) in [5, 5.41) is 23.5. The lowest BCUT2D eigenvalue weighted by Crippen LogP contribution is -1.96. The fraction of sp³-hybridized carbons (Fsp3) is 0. The standard InChI is InChI=1S/C12H6FN5O/c13-9-2-1-3-10(16-6-8(4-14)5-15)11(9)12-17-7-19-18-12/h1-3,6-7,16H. The van der Waals surface area contributed by atoms with Crippen LogP contribution in [0, 0.1) is 28.5 Å². The van der Waals surface area contributed by atoms with E-state index in [1.807, 2.05) is 0 Å². The molecule has 0 fully saturated rings. The highest BCUT2D eigenvalue weighted by atomic mass is 19.1. The van der Waals surface area contributed by atoms with Crippen LogP contribution >= 0.6 is 0 Å². The van der Waals surface area contributed by atoms with Crippen molar-refractivity contribution in [1.82, 2.24) is 10.1 Å². The molecule has 1 aromatic heterocycles. The molecular formula is C12H6FN5O. The average molecular weight is 255 g/mol. The van der Waals surface area contributed by atoms with E-state index in [9.17, 15) is 4.39 Å². The third kappa shape index (κ3) is 2.56. The van der Waals surface area contributed by atoms with Crippen LogP contribution in [0.2, 0.25) is 0 Å². The molecule has 0 radical (unpaired) electrons. The first-order valence-electron chi connectivity index (χ1n) is 5.08. The van der Waals surface area contributed by atoms with Gasteiger partial charge in [-0.15, -0.1) is 0 Å². The second kappa shape index (κ2) is 5.43. The number of nitrogens with zero attached hydrogens (tertiary/aromatic N) is 4. The van der Waals surface area contributed by atoms with Crippen LogP contribution in [-0.2, 0) is 0 Å². The van der Waals surface area contributed by atoms with Crippen LogP contribution in [-0.4, -0.2) is 10.1 Å². The molecule has 2 aromatic rings. The highest BCUT2D eigenvalue weighted by molar-refractivity contribution is 5.74. The van der Waals surface area contributed by atoms with Crippen LogP contribution in [0.5, 0.6) is 0 Å². The van der Waals surface area contributed by atoms with E-state index >= 15 is 0 Å². The number of halogens is 1. The van der Waals surface area contributed by atoms with Crippen LogP contribution in [0.15, 0.2) is 40.9 Å². The molecule has 0 aliphatic rings. The smallest absolute Gasteiger partial charge is 0.214 e. The molecule has 1 heterocycles. The van der Waals surface area contributed by atoms with Gasteiger partial charge < -0.3 is 9.84 Å². The maximum Gasteiger partial charge on any atom is 0.214 e. The van der Waals surface area contributed by atoms with Gasteiger partial charge in [-0.25, -0.2) is 4.39 Å². The van der Waals surface area contributed by atoms with Crippen molar-refractivity contribution in [3.05, 3.63) is 42.2 Å². The molecular weight excluding hydrogens is 249 g/mol. The zero-order valence-corrected chi connectivity index (χ0v) is 9.46. The van der Waals surface area contributed by atoms with Crippen molar-refractivity contribution in [2.24, 2.45) is 0 Å². The topological polar surface area (TPSA) is 98.5 Å². The largest absolute Gasteiger partial charge is 0.359 e. The zero-order valence-electron chi connectivity index (χ0n) is 9.46. The Morgan fingerprint density at radius 1 is 1.37 bits per heavy atom. The molecule has 6 nitrogen and oxygen atoms in total. The zero-order chi connectivity index (χ0) is 13.7. The number of nitrogens with one attached hydrogen (secondary N) is 1. The van der Waals surface area contributed by atoms with Gasteiger partial charge in [-0.3, -0.25) is 0 Å². The normalized spacial score (nSPS) is 9.21. The van der Waals surface area contributed by atoms with Crippen LogP contribution in [0.25, 0.3) is 11.4 Å². The molecule has 7 heteroatoms. The van der Waals surface area contributed by atoms with Crippen molar-refractivity contribution < 1.29 is 8.91 Å². The molecule has 0 atom stereocenters. The van der Waals surface area contributed by atoms with Crippen molar-refractivity contribution in [2.75, 3.05) is 5.32 Å². The third-order valence-corrected chi connectivity index (χ3v) is 2.21. The molecule has 0 spiro atoms. The number of anilines is 1. The second-order valence-corrected chi connectivity index (χ2v) is 3.34. The summed E-state index contributed by atoms with van der Waals surface area (Å²) >= 11 is 0.